The number of carbonyl (C=O) groups is 1. The van der Waals surface area contributed by atoms with Gasteiger partial charge in [0.05, 0.1) is 6.61 Å². The number of nitrogens with one attached hydrogen (secondary N) is 1. The second-order valence-electron chi connectivity index (χ2n) is 5.04. The Hall–Kier alpha value is -0.610. The number of ether oxygens (including phenoxy) is 1. The second kappa shape index (κ2) is 6.21. The molecule has 0 spiro atoms. The summed E-state index contributed by atoms with van der Waals surface area (Å²) in [5.41, 5.74) is 0. The third kappa shape index (κ3) is 3.76. The van der Waals surface area contributed by atoms with E-state index in [0.29, 0.717) is 19.1 Å². The highest BCUT2D eigenvalue weighted by Crippen LogP contribution is 2.09. The van der Waals surface area contributed by atoms with E-state index < -0.39 is 0 Å². The van der Waals surface area contributed by atoms with Gasteiger partial charge in [0.25, 0.3) is 5.91 Å². The summed E-state index contributed by atoms with van der Waals surface area (Å²) in [6.07, 6.45) is -0.296. The van der Waals surface area contributed by atoms with E-state index in [1.165, 1.54) is 0 Å². The van der Waals surface area contributed by atoms with Crippen molar-refractivity contribution in [2.45, 2.75) is 39.8 Å². The van der Waals surface area contributed by atoms with Crippen molar-refractivity contribution in [3.05, 3.63) is 0 Å². The number of rotatable bonds is 4. The number of hydrogen-bond acceptors (Lipinski definition) is 3. The SMILES string of the molecule is CC(C)CN(C(=O)C1CNCCO1)C(C)C. The molecular weight excluding hydrogens is 204 g/mol. The van der Waals surface area contributed by atoms with Gasteiger partial charge in [0.1, 0.15) is 6.10 Å². The van der Waals surface area contributed by atoms with Crippen LogP contribution in [-0.2, 0) is 9.53 Å². The standard InChI is InChI=1S/C12H24N2O2/c1-9(2)8-14(10(3)4)12(15)11-7-13-5-6-16-11/h9-11,13H,5-8H2,1-4H3. The van der Waals surface area contributed by atoms with Crippen LogP contribution < -0.4 is 5.32 Å². The van der Waals surface area contributed by atoms with E-state index in [0.717, 1.165) is 13.1 Å². The summed E-state index contributed by atoms with van der Waals surface area (Å²) in [5.74, 6) is 0.610. The zero-order valence-corrected chi connectivity index (χ0v) is 10.8. The summed E-state index contributed by atoms with van der Waals surface area (Å²) < 4.78 is 5.50. The van der Waals surface area contributed by atoms with Gasteiger partial charge in [-0.2, -0.15) is 0 Å². The Morgan fingerprint density at radius 1 is 1.44 bits per heavy atom. The molecule has 1 saturated heterocycles. The molecule has 1 atom stereocenters. The third-order valence-electron chi connectivity index (χ3n) is 2.67. The summed E-state index contributed by atoms with van der Waals surface area (Å²) >= 11 is 0. The fraction of sp³-hybridized carbons (Fsp3) is 0.917. The number of nitrogens with zero attached hydrogens (tertiary/aromatic N) is 1. The van der Waals surface area contributed by atoms with E-state index in [1.54, 1.807) is 0 Å². The Labute approximate surface area is 98.3 Å². The third-order valence-corrected chi connectivity index (χ3v) is 2.67. The molecular formula is C12H24N2O2. The second-order valence-corrected chi connectivity index (χ2v) is 5.04. The molecule has 4 heteroatoms. The molecule has 94 valence electrons. The first-order valence-corrected chi connectivity index (χ1v) is 6.15. The topological polar surface area (TPSA) is 41.6 Å². The van der Waals surface area contributed by atoms with E-state index in [-0.39, 0.29) is 18.1 Å². The van der Waals surface area contributed by atoms with Crippen LogP contribution in [0.5, 0.6) is 0 Å². The first-order valence-electron chi connectivity index (χ1n) is 6.15. The molecule has 1 unspecified atom stereocenters. The molecule has 0 saturated carbocycles. The first-order chi connectivity index (χ1) is 7.52. The monoisotopic (exact) mass is 228 g/mol. The first kappa shape index (κ1) is 13.5. The molecule has 0 aromatic rings. The molecule has 1 heterocycles. The minimum absolute atomic E-state index is 0.121. The van der Waals surface area contributed by atoms with Crippen molar-refractivity contribution in [2.75, 3.05) is 26.2 Å². The summed E-state index contributed by atoms with van der Waals surface area (Å²) in [7, 11) is 0. The van der Waals surface area contributed by atoms with Gasteiger partial charge < -0.3 is 15.0 Å². The van der Waals surface area contributed by atoms with Gasteiger partial charge in [0.2, 0.25) is 0 Å². The summed E-state index contributed by atoms with van der Waals surface area (Å²) in [6.45, 7) is 11.3. The van der Waals surface area contributed by atoms with E-state index in [1.807, 2.05) is 4.90 Å². The van der Waals surface area contributed by atoms with Crippen molar-refractivity contribution in [3.63, 3.8) is 0 Å². The molecule has 1 aliphatic rings. The Kier molecular flexibility index (Phi) is 5.22. The number of morpholine rings is 1. The van der Waals surface area contributed by atoms with Crippen LogP contribution in [0, 0.1) is 5.92 Å². The van der Waals surface area contributed by atoms with Crippen LogP contribution in [0.25, 0.3) is 0 Å². The molecule has 0 aliphatic carbocycles. The maximum Gasteiger partial charge on any atom is 0.253 e. The Balaban J connectivity index is 2.58. The maximum atomic E-state index is 12.2. The van der Waals surface area contributed by atoms with Gasteiger partial charge in [-0.1, -0.05) is 13.8 Å². The molecule has 1 rings (SSSR count). The molecule has 1 N–H and O–H groups in total. The molecule has 1 aliphatic heterocycles. The van der Waals surface area contributed by atoms with Crippen molar-refractivity contribution < 1.29 is 9.53 Å². The molecule has 16 heavy (non-hydrogen) atoms. The minimum atomic E-state index is -0.296. The molecule has 1 fully saturated rings. The number of amides is 1. The van der Waals surface area contributed by atoms with Crippen molar-refractivity contribution in [3.8, 4) is 0 Å². The Morgan fingerprint density at radius 3 is 2.56 bits per heavy atom. The fourth-order valence-corrected chi connectivity index (χ4v) is 1.86. The van der Waals surface area contributed by atoms with Crippen molar-refractivity contribution >= 4 is 5.91 Å². The van der Waals surface area contributed by atoms with Gasteiger partial charge in [0.15, 0.2) is 0 Å². The lowest BCUT2D eigenvalue weighted by Gasteiger charge is -2.33. The van der Waals surface area contributed by atoms with Gasteiger partial charge in [-0.25, -0.2) is 0 Å². The van der Waals surface area contributed by atoms with E-state index >= 15 is 0 Å². The van der Waals surface area contributed by atoms with Crippen LogP contribution in [0.4, 0.5) is 0 Å². The maximum absolute atomic E-state index is 12.2. The zero-order valence-electron chi connectivity index (χ0n) is 10.8. The molecule has 0 aromatic carbocycles. The molecule has 0 bridgehead atoms. The molecule has 4 nitrogen and oxygen atoms in total. The van der Waals surface area contributed by atoms with Crippen LogP contribution in [0.15, 0.2) is 0 Å². The van der Waals surface area contributed by atoms with Crippen molar-refractivity contribution in [1.29, 1.82) is 0 Å². The van der Waals surface area contributed by atoms with Gasteiger partial charge in [-0.15, -0.1) is 0 Å². The molecule has 0 radical (unpaired) electrons. The highest BCUT2D eigenvalue weighted by molar-refractivity contribution is 5.81. The van der Waals surface area contributed by atoms with E-state index in [4.69, 9.17) is 4.74 Å². The zero-order chi connectivity index (χ0) is 12.1. The van der Waals surface area contributed by atoms with Gasteiger partial charge in [-0.3, -0.25) is 4.79 Å². The lowest BCUT2D eigenvalue weighted by Crippen LogP contribution is -2.52. The predicted molar refractivity (Wildman–Crippen MR) is 64.3 cm³/mol. The summed E-state index contributed by atoms with van der Waals surface area (Å²) in [6, 6.07) is 0.237. The van der Waals surface area contributed by atoms with Gasteiger partial charge >= 0.3 is 0 Å². The highest BCUT2D eigenvalue weighted by atomic mass is 16.5. The van der Waals surface area contributed by atoms with Crippen LogP contribution in [0.3, 0.4) is 0 Å². The average Bonchev–Trinajstić information content (AvgIpc) is 2.25. The normalized spacial score (nSPS) is 21.5. The van der Waals surface area contributed by atoms with E-state index in [2.05, 4.69) is 33.0 Å². The quantitative estimate of drug-likeness (QED) is 0.776. The summed E-state index contributed by atoms with van der Waals surface area (Å²) in [5, 5.41) is 3.19. The van der Waals surface area contributed by atoms with Crippen molar-refractivity contribution in [1.82, 2.24) is 10.2 Å². The Morgan fingerprint density at radius 2 is 2.12 bits per heavy atom. The lowest BCUT2D eigenvalue weighted by molar-refractivity contribution is -0.147. The minimum Gasteiger partial charge on any atom is -0.366 e. The average molecular weight is 228 g/mol. The molecule has 1 amide bonds. The van der Waals surface area contributed by atoms with Gasteiger partial charge in [0, 0.05) is 25.7 Å². The predicted octanol–water partition coefficient (Wildman–Crippen LogP) is 0.868. The molecule has 0 aromatic heterocycles. The van der Waals surface area contributed by atoms with Crippen LogP contribution in [0.2, 0.25) is 0 Å². The number of hydrogen-bond donors (Lipinski definition) is 1. The highest BCUT2D eigenvalue weighted by Gasteiger charge is 2.28. The number of carbonyl (C=O) groups excluding carboxylic acids is 1. The lowest BCUT2D eigenvalue weighted by atomic mass is 10.1. The van der Waals surface area contributed by atoms with Crippen molar-refractivity contribution in [2.24, 2.45) is 5.92 Å². The van der Waals surface area contributed by atoms with E-state index in [9.17, 15) is 4.79 Å². The fourth-order valence-electron chi connectivity index (χ4n) is 1.86. The summed E-state index contributed by atoms with van der Waals surface area (Å²) in [4.78, 5) is 14.2. The largest absolute Gasteiger partial charge is 0.366 e. The van der Waals surface area contributed by atoms with Crippen LogP contribution in [0.1, 0.15) is 27.7 Å². The van der Waals surface area contributed by atoms with Crippen LogP contribution >= 0.6 is 0 Å². The van der Waals surface area contributed by atoms with Gasteiger partial charge in [-0.05, 0) is 19.8 Å². The smallest absolute Gasteiger partial charge is 0.253 e. The Bertz CT molecular complexity index is 223. The van der Waals surface area contributed by atoms with Crippen LogP contribution in [-0.4, -0.2) is 49.2 Å².